The molecule has 0 radical (unpaired) electrons. The van der Waals surface area contributed by atoms with Crippen LogP contribution in [0, 0.1) is 0 Å². The molecule has 122 valence electrons. The molecule has 3 fully saturated rings. The predicted molar refractivity (Wildman–Crippen MR) is 76.7 cm³/mol. The highest BCUT2D eigenvalue weighted by molar-refractivity contribution is 7.53. The van der Waals surface area contributed by atoms with Gasteiger partial charge in [-0.25, -0.2) is 15.0 Å². The molecule has 5 heterocycles. The number of nitrogen functional groups attached to an aromatic ring is 1. The zero-order valence-electron chi connectivity index (χ0n) is 12.2. The number of aromatic nitrogens is 4. The summed E-state index contributed by atoms with van der Waals surface area (Å²) in [5.74, 6) is 0.297. The van der Waals surface area contributed by atoms with E-state index in [1.807, 2.05) is 0 Å². The normalized spacial score (nSPS) is 42.2. The fraction of sp³-hybridized carbons (Fsp3) is 0.583. The van der Waals surface area contributed by atoms with E-state index in [9.17, 15) is 4.57 Å². The molecule has 1 unspecified atom stereocenters. The molecule has 0 aromatic carbocycles. The first kappa shape index (κ1) is 13.8. The molecular formula is C12H14N5O5P. The molecule has 0 saturated carbocycles. The quantitative estimate of drug-likeness (QED) is 0.731. The van der Waals surface area contributed by atoms with Gasteiger partial charge in [0.05, 0.1) is 19.5 Å². The van der Waals surface area contributed by atoms with Crippen molar-refractivity contribution < 1.29 is 23.1 Å². The van der Waals surface area contributed by atoms with Crippen LogP contribution in [0.5, 0.6) is 0 Å². The Labute approximate surface area is 130 Å². The highest BCUT2D eigenvalue weighted by Crippen LogP contribution is 2.59. The molecule has 2 aromatic heterocycles. The van der Waals surface area contributed by atoms with Gasteiger partial charge in [0.15, 0.2) is 17.7 Å². The van der Waals surface area contributed by atoms with Gasteiger partial charge in [-0.2, -0.15) is 0 Å². The SMILES string of the molecule is CP1(=O)OC[C@@]23CO[C@@H]([C@H](n4cnc5c(N)ncnc54)O2)[C@@H]3O1. The fourth-order valence-electron chi connectivity index (χ4n) is 3.40. The number of nitrogens with two attached hydrogens (primary N) is 1. The van der Waals surface area contributed by atoms with Gasteiger partial charge in [0.25, 0.3) is 0 Å². The molecule has 3 aliphatic heterocycles. The minimum absolute atomic E-state index is 0.169. The first-order chi connectivity index (χ1) is 11.0. The van der Waals surface area contributed by atoms with Gasteiger partial charge in [0.2, 0.25) is 0 Å². The molecule has 5 rings (SSSR count). The first-order valence-corrected chi connectivity index (χ1v) is 9.11. The maximum Gasteiger partial charge on any atom is 0.328 e. The monoisotopic (exact) mass is 339 g/mol. The van der Waals surface area contributed by atoms with E-state index in [1.165, 1.54) is 13.0 Å². The maximum absolute atomic E-state index is 12.1. The summed E-state index contributed by atoms with van der Waals surface area (Å²) < 4.78 is 36.8. The number of hydrogen-bond donors (Lipinski definition) is 1. The highest BCUT2D eigenvalue weighted by Gasteiger charge is 2.67. The van der Waals surface area contributed by atoms with Crippen molar-refractivity contribution in [1.82, 2.24) is 19.5 Å². The minimum atomic E-state index is -3.09. The third-order valence-corrected chi connectivity index (χ3v) is 5.69. The summed E-state index contributed by atoms with van der Waals surface area (Å²) in [6.45, 7) is 1.96. The summed E-state index contributed by atoms with van der Waals surface area (Å²) in [6.07, 6.45) is 1.58. The number of rotatable bonds is 1. The second kappa shape index (κ2) is 4.28. The maximum atomic E-state index is 12.1. The van der Waals surface area contributed by atoms with Gasteiger partial charge >= 0.3 is 7.60 Å². The van der Waals surface area contributed by atoms with Gasteiger partial charge in [-0.3, -0.25) is 13.7 Å². The number of ether oxygens (including phenoxy) is 2. The standard InChI is InChI=1S/C12H14N5O5P/c1-23(18)20-3-12-2-19-7(8(12)22-23)11(21-12)17-5-16-6-9(13)14-4-15-10(6)17/h4-5,7-8,11H,2-3H2,1H3,(H2,13,14,15)/t7-,8+,11-,12-,23?/m1/s1. The molecule has 2 N–H and O–H groups in total. The van der Waals surface area contributed by atoms with Crippen LogP contribution in [0.15, 0.2) is 12.7 Å². The van der Waals surface area contributed by atoms with Gasteiger partial charge in [-0.05, 0) is 0 Å². The van der Waals surface area contributed by atoms with Crippen LogP contribution in [0.4, 0.5) is 5.82 Å². The Kier molecular flexibility index (Phi) is 2.57. The van der Waals surface area contributed by atoms with Crippen LogP contribution in [-0.2, 0) is 23.1 Å². The molecule has 3 aliphatic rings. The highest BCUT2D eigenvalue weighted by atomic mass is 31.2. The van der Waals surface area contributed by atoms with E-state index in [4.69, 9.17) is 24.3 Å². The van der Waals surface area contributed by atoms with Crippen molar-refractivity contribution in [3.05, 3.63) is 12.7 Å². The number of imidazole rings is 1. The largest absolute Gasteiger partial charge is 0.382 e. The molecule has 11 heteroatoms. The Bertz CT molecular complexity index is 857. The Hall–Kier alpha value is -1.58. The number of anilines is 1. The van der Waals surface area contributed by atoms with E-state index < -0.39 is 31.6 Å². The fourth-order valence-corrected chi connectivity index (χ4v) is 4.63. The van der Waals surface area contributed by atoms with E-state index in [0.717, 1.165) is 0 Å². The average molecular weight is 339 g/mol. The zero-order valence-corrected chi connectivity index (χ0v) is 13.1. The zero-order chi connectivity index (χ0) is 15.8. The number of hydrogen-bond acceptors (Lipinski definition) is 9. The molecular weight excluding hydrogens is 325 g/mol. The van der Waals surface area contributed by atoms with Crippen LogP contribution in [0.1, 0.15) is 6.23 Å². The van der Waals surface area contributed by atoms with Crippen molar-refractivity contribution in [3.8, 4) is 0 Å². The van der Waals surface area contributed by atoms with Crippen molar-refractivity contribution in [3.63, 3.8) is 0 Å². The van der Waals surface area contributed by atoms with Gasteiger partial charge in [0, 0.05) is 6.66 Å². The van der Waals surface area contributed by atoms with Gasteiger partial charge in [-0.15, -0.1) is 0 Å². The van der Waals surface area contributed by atoms with Gasteiger partial charge in [0.1, 0.15) is 29.7 Å². The lowest BCUT2D eigenvalue weighted by atomic mass is 10.0. The lowest BCUT2D eigenvalue weighted by Crippen LogP contribution is -2.48. The van der Waals surface area contributed by atoms with E-state index in [0.29, 0.717) is 23.6 Å². The molecule has 23 heavy (non-hydrogen) atoms. The third-order valence-electron chi connectivity index (χ3n) is 4.48. The molecule has 0 aliphatic carbocycles. The average Bonchev–Trinajstić information content (AvgIpc) is 3.17. The Morgan fingerprint density at radius 1 is 1.39 bits per heavy atom. The Morgan fingerprint density at radius 2 is 2.26 bits per heavy atom. The van der Waals surface area contributed by atoms with Crippen LogP contribution in [0.3, 0.4) is 0 Å². The molecule has 0 amide bonds. The summed E-state index contributed by atoms with van der Waals surface area (Å²) in [5.41, 5.74) is 6.11. The van der Waals surface area contributed by atoms with Crippen molar-refractivity contribution in [2.24, 2.45) is 0 Å². The van der Waals surface area contributed by atoms with Gasteiger partial charge < -0.3 is 19.7 Å². The van der Waals surface area contributed by atoms with E-state index in [1.54, 1.807) is 10.9 Å². The number of fused-ring (bicyclic) bond motifs is 1. The molecule has 10 nitrogen and oxygen atoms in total. The van der Waals surface area contributed by atoms with Gasteiger partial charge in [-0.1, -0.05) is 0 Å². The van der Waals surface area contributed by atoms with E-state index in [2.05, 4.69) is 15.0 Å². The Balaban J connectivity index is 1.58. The van der Waals surface area contributed by atoms with Crippen molar-refractivity contribution in [1.29, 1.82) is 0 Å². The van der Waals surface area contributed by atoms with Crippen LogP contribution in [0.2, 0.25) is 0 Å². The minimum Gasteiger partial charge on any atom is -0.382 e. The van der Waals surface area contributed by atoms with Crippen LogP contribution in [0.25, 0.3) is 11.2 Å². The Morgan fingerprint density at radius 3 is 3.13 bits per heavy atom. The van der Waals surface area contributed by atoms with Crippen LogP contribution < -0.4 is 5.73 Å². The third kappa shape index (κ3) is 1.78. The summed E-state index contributed by atoms with van der Waals surface area (Å²) in [5, 5.41) is 0. The lowest BCUT2D eigenvalue weighted by Gasteiger charge is -2.36. The van der Waals surface area contributed by atoms with Crippen molar-refractivity contribution in [2.75, 3.05) is 25.6 Å². The summed E-state index contributed by atoms with van der Waals surface area (Å²) in [4.78, 5) is 12.4. The summed E-state index contributed by atoms with van der Waals surface area (Å²) in [7, 11) is -3.09. The second-order valence-corrected chi connectivity index (χ2v) is 8.01. The molecule has 0 spiro atoms. The summed E-state index contributed by atoms with van der Waals surface area (Å²) >= 11 is 0. The van der Waals surface area contributed by atoms with E-state index in [-0.39, 0.29) is 6.61 Å². The predicted octanol–water partition coefficient (Wildman–Crippen LogP) is 0.313. The van der Waals surface area contributed by atoms with Crippen molar-refractivity contribution in [2.45, 2.75) is 24.0 Å². The smallest absolute Gasteiger partial charge is 0.328 e. The topological polar surface area (TPSA) is 124 Å². The second-order valence-electron chi connectivity index (χ2n) is 6.00. The van der Waals surface area contributed by atoms with Crippen LogP contribution in [-0.4, -0.2) is 57.2 Å². The lowest BCUT2D eigenvalue weighted by molar-refractivity contribution is -0.187. The molecule has 3 saturated heterocycles. The van der Waals surface area contributed by atoms with Crippen molar-refractivity contribution >= 4 is 24.6 Å². The molecule has 2 bridgehead atoms. The molecule has 2 aromatic rings. The van der Waals surface area contributed by atoms with Crippen LogP contribution >= 0.6 is 7.60 Å². The number of nitrogens with zero attached hydrogens (tertiary/aromatic N) is 4. The molecule has 5 atom stereocenters. The summed E-state index contributed by atoms with van der Waals surface area (Å²) in [6, 6.07) is 0. The first-order valence-electron chi connectivity index (χ1n) is 7.12. The van der Waals surface area contributed by atoms with E-state index >= 15 is 0 Å².